The molecular formula is C31H37ClN4O2. The summed E-state index contributed by atoms with van der Waals surface area (Å²) in [7, 11) is 0. The summed E-state index contributed by atoms with van der Waals surface area (Å²) >= 11 is 6.16. The van der Waals surface area contributed by atoms with Crippen LogP contribution in [0.25, 0.3) is 5.69 Å². The van der Waals surface area contributed by atoms with Gasteiger partial charge in [-0.15, -0.1) is 0 Å². The summed E-state index contributed by atoms with van der Waals surface area (Å²) in [5.74, 6) is 0.748. The fraction of sp³-hybridized carbons (Fsp3) is 0.452. The molecule has 2 saturated heterocycles. The first-order chi connectivity index (χ1) is 18.2. The van der Waals surface area contributed by atoms with Gasteiger partial charge in [0.2, 0.25) is 5.91 Å². The van der Waals surface area contributed by atoms with Gasteiger partial charge in [0, 0.05) is 49.5 Å². The third-order valence-electron chi connectivity index (χ3n) is 7.77. The second-order valence-corrected chi connectivity index (χ2v) is 12.3. The number of halogens is 1. The first kappa shape index (κ1) is 26.5. The summed E-state index contributed by atoms with van der Waals surface area (Å²) in [5.41, 5.74) is 3.76. The first-order valence-electron chi connectivity index (χ1n) is 13.7. The van der Waals surface area contributed by atoms with Gasteiger partial charge >= 0.3 is 0 Å². The van der Waals surface area contributed by atoms with E-state index in [0.717, 1.165) is 37.2 Å². The van der Waals surface area contributed by atoms with Gasteiger partial charge in [0.15, 0.2) is 0 Å². The number of carbonyl (C=O) groups is 2. The Morgan fingerprint density at radius 2 is 1.53 bits per heavy atom. The van der Waals surface area contributed by atoms with E-state index in [1.165, 1.54) is 5.56 Å². The second-order valence-electron chi connectivity index (χ2n) is 11.9. The van der Waals surface area contributed by atoms with Gasteiger partial charge in [-0.1, -0.05) is 62.7 Å². The molecule has 2 aliphatic heterocycles. The monoisotopic (exact) mass is 532 g/mol. The van der Waals surface area contributed by atoms with Gasteiger partial charge < -0.3 is 9.80 Å². The normalized spacial score (nSPS) is 18.7. The highest BCUT2D eigenvalue weighted by molar-refractivity contribution is 6.30. The summed E-state index contributed by atoms with van der Waals surface area (Å²) in [4.78, 5) is 30.7. The Morgan fingerprint density at radius 1 is 0.895 bits per heavy atom. The van der Waals surface area contributed by atoms with E-state index in [1.807, 2.05) is 44.8 Å². The molecule has 3 heterocycles. The van der Waals surface area contributed by atoms with E-state index in [-0.39, 0.29) is 23.1 Å². The second kappa shape index (κ2) is 10.9. The van der Waals surface area contributed by atoms with Crippen LogP contribution in [-0.4, -0.2) is 57.6 Å². The minimum absolute atomic E-state index is 0.0337. The predicted molar refractivity (Wildman–Crippen MR) is 151 cm³/mol. The van der Waals surface area contributed by atoms with E-state index >= 15 is 0 Å². The molecule has 6 nitrogen and oxygen atoms in total. The Morgan fingerprint density at radius 3 is 2.18 bits per heavy atom. The van der Waals surface area contributed by atoms with Gasteiger partial charge in [-0.2, -0.15) is 5.10 Å². The third kappa shape index (κ3) is 5.80. The number of hydrogen-bond acceptors (Lipinski definition) is 3. The zero-order chi connectivity index (χ0) is 26.9. The molecule has 0 bridgehead atoms. The average Bonchev–Trinajstić information content (AvgIpc) is 3.57. The van der Waals surface area contributed by atoms with Crippen LogP contribution in [-0.2, 0) is 4.79 Å². The van der Waals surface area contributed by atoms with Crippen LogP contribution < -0.4 is 0 Å². The highest BCUT2D eigenvalue weighted by Crippen LogP contribution is 2.35. The molecule has 2 aliphatic rings. The highest BCUT2D eigenvalue weighted by Gasteiger charge is 2.35. The zero-order valence-electron chi connectivity index (χ0n) is 22.6. The van der Waals surface area contributed by atoms with Crippen molar-refractivity contribution in [3.8, 4) is 5.69 Å². The van der Waals surface area contributed by atoms with Crippen molar-refractivity contribution in [1.82, 2.24) is 19.6 Å². The van der Waals surface area contributed by atoms with Crippen molar-refractivity contribution < 1.29 is 9.59 Å². The van der Waals surface area contributed by atoms with Gasteiger partial charge in [-0.05, 0) is 54.5 Å². The summed E-state index contributed by atoms with van der Waals surface area (Å²) in [6, 6.07) is 18.0. The Kier molecular flexibility index (Phi) is 7.62. The minimum Gasteiger partial charge on any atom is -0.343 e. The van der Waals surface area contributed by atoms with Gasteiger partial charge in [-0.3, -0.25) is 9.59 Å². The smallest absolute Gasteiger partial charge is 0.257 e. The SMILES string of the molecule is CC(C)(C)CC(=O)N1CCC(c2c(C(=O)N3CCC(c4ccccc4)C3)cnn2-c2ccc(Cl)cc2)CC1. The molecule has 0 radical (unpaired) electrons. The van der Waals surface area contributed by atoms with Gasteiger partial charge in [0.25, 0.3) is 5.91 Å². The van der Waals surface area contributed by atoms with E-state index in [4.69, 9.17) is 16.7 Å². The summed E-state index contributed by atoms with van der Waals surface area (Å²) in [6.45, 7) is 9.14. The number of aromatic nitrogens is 2. The maximum absolute atomic E-state index is 13.9. The van der Waals surface area contributed by atoms with E-state index in [0.29, 0.717) is 42.6 Å². The van der Waals surface area contributed by atoms with E-state index < -0.39 is 0 Å². The number of nitrogens with zero attached hydrogens (tertiary/aromatic N) is 4. The van der Waals surface area contributed by atoms with Crippen LogP contribution in [0.5, 0.6) is 0 Å². The van der Waals surface area contributed by atoms with E-state index in [1.54, 1.807) is 6.20 Å². The number of likely N-dealkylation sites (tertiary alicyclic amines) is 2. The number of rotatable bonds is 5. The van der Waals surface area contributed by atoms with Crippen LogP contribution in [0.2, 0.25) is 5.02 Å². The minimum atomic E-state index is -0.0337. The predicted octanol–water partition coefficient (Wildman–Crippen LogP) is 6.30. The van der Waals surface area contributed by atoms with E-state index in [9.17, 15) is 9.59 Å². The van der Waals surface area contributed by atoms with Crippen molar-refractivity contribution in [1.29, 1.82) is 0 Å². The number of benzene rings is 2. The molecule has 0 N–H and O–H groups in total. The topological polar surface area (TPSA) is 58.4 Å². The van der Waals surface area contributed by atoms with Crippen molar-refractivity contribution in [2.24, 2.45) is 5.41 Å². The van der Waals surface area contributed by atoms with Gasteiger partial charge in [0.05, 0.1) is 23.1 Å². The zero-order valence-corrected chi connectivity index (χ0v) is 23.3. The lowest BCUT2D eigenvalue weighted by Crippen LogP contribution is -2.40. The Balaban J connectivity index is 1.39. The number of amides is 2. The number of hydrogen-bond donors (Lipinski definition) is 0. The van der Waals surface area contributed by atoms with Crippen LogP contribution in [0, 0.1) is 5.41 Å². The molecule has 5 rings (SSSR count). The molecule has 0 spiro atoms. The molecule has 38 heavy (non-hydrogen) atoms. The summed E-state index contributed by atoms with van der Waals surface area (Å²) in [5, 5.41) is 5.37. The average molecular weight is 533 g/mol. The summed E-state index contributed by atoms with van der Waals surface area (Å²) in [6.07, 6.45) is 4.86. The van der Waals surface area contributed by atoms with Crippen LogP contribution in [0.4, 0.5) is 0 Å². The quantitative estimate of drug-likeness (QED) is 0.387. The van der Waals surface area contributed by atoms with Crippen molar-refractivity contribution in [3.05, 3.63) is 82.6 Å². The van der Waals surface area contributed by atoms with Crippen LogP contribution in [0.1, 0.15) is 79.9 Å². The Labute approximate surface area is 230 Å². The van der Waals surface area contributed by atoms with Crippen molar-refractivity contribution in [2.45, 2.75) is 58.3 Å². The van der Waals surface area contributed by atoms with Crippen LogP contribution in [0.15, 0.2) is 60.8 Å². The molecule has 7 heteroatoms. The lowest BCUT2D eigenvalue weighted by molar-refractivity contribution is -0.134. The first-order valence-corrected chi connectivity index (χ1v) is 14.0. The maximum atomic E-state index is 13.9. The number of carbonyl (C=O) groups excluding carboxylic acids is 2. The van der Waals surface area contributed by atoms with Crippen molar-refractivity contribution in [3.63, 3.8) is 0 Å². The Hall–Kier alpha value is -3.12. The molecule has 2 fully saturated rings. The molecule has 2 amide bonds. The molecule has 3 aromatic rings. The lowest BCUT2D eigenvalue weighted by Gasteiger charge is -2.34. The molecule has 1 atom stereocenters. The molecule has 200 valence electrons. The summed E-state index contributed by atoms with van der Waals surface area (Å²) < 4.78 is 1.91. The van der Waals surface area contributed by atoms with E-state index in [2.05, 4.69) is 45.0 Å². The molecule has 0 saturated carbocycles. The maximum Gasteiger partial charge on any atom is 0.257 e. The van der Waals surface area contributed by atoms with Crippen LogP contribution in [0.3, 0.4) is 0 Å². The highest BCUT2D eigenvalue weighted by atomic mass is 35.5. The fourth-order valence-corrected chi connectivity index (χ4v) is 5.91. The molecular weight excluding hydrogens is 496 g/mol. The standard InChI is InChI=1S/C31H37ClN4O2/c1-31(2,3)19-28(37)34-16-13-23(14-17-34)29-27(20-33-36(29)26-11-9-25(32)10-12-26)30(38)35-18-15-24(21-35)22-7-5-4-6-8-22/h4-12,20,23-24H,13-19,21H2,1-3H3. The Bertz CT molecular complexity index is 1270. The third-order valence-corrected chi connectivity index (χ3v) is 8.02. The molecule has 1 aromatic heterocycles. The van der Waals surface area contributed by atoms with Crippen molar-refractivity contribution >= 4 is 23.4 Å². The van der Waals surface area contributed by atoms with Crippen LogP contribution >= 0.6 is 11.6 Å². The molecule has 0 aliphatic carbocycles. The molecule has 2 aromatic carbocycles. The lowest BCUT2D eigenvalue weighted by atomic mass is 9.88. The van der Waals surface area contributed by atoms with Gasteiger partial charge in [0.1, 0.15) is 0 Å². The number of piperidine rings is 1. The van der Waals surface area contributed by atoms with Crippen molar-refractivity contribution in [2.75, 3.05) is 26.2 Å². The largest absolute Gasteiger partial charge is 0.343 e. The molecule has 1 unspecified atom stereocenters. The van der Waals surface area contributed by atoms with Gasteiger partial charge in [-0.25, -0.2) is 4.68 Å². The fourth-order valence-electron chi connectivity index (χ4n) is 5.78.